The van der Waals surface area contributed by atoms with Crippen LogP contribution < -0.4 is 10.1 Å². The van der Waals surface area contributed by atoms with Gasteiger partial charge in [0.25, 0.3) is 0 Å². The summed E-state index contributed by atoms with van der Waals surface area (Å²) in [6, 6.07) is 28.9. The molecule has 6 aromatic rings. The van der Waals surface area contributed by atoms with E-state index in [0.717, 1.165) is 44.4 Å². The van der Waals surface area contributed by atoms with Crippen LogP contribution in [0.2, 0.25) is 0 Å². The number of hydrogen-bond acceptors (Lipinski definition) is 8. The zero-order valence-electron chi connectivity index (χ0n) is 25.8. The number of hydrogen-bond donors (Lipinski definition) is 3. The van der Waals surface area contributed by atoms with Crippen molar-refractivity contribution in [2.45, 2.75) is 27.7 Å². The molecule has 0 amide bonds. The Kier molecular flexibility index (Phi) is 7.87. The highest BCUT2D eigenvalue weighted by Gasteiger charge is 2.14. The van der Waals surface area contributed by atoms with Crippen molar-refractivity contribution in [2.75, 3.05) is 12.4 Å². The summed E-state index contributed by atoms with van der Waals surface area (Å²) in [4.78, 5) is 0. The Bertz CT molecular complexity index is 2130. The van der Waals surface area contributed by atoms with Gasteiger partial charge >= 0.3 is 0 Å². The molecule has 0 aromatic heterocycles. The Balaban J connectivity index is 1.30. The van der Waals surface area contributed by atoms with E-state index in [9.17, 15) is 10.2 Å². The molecule has 0 bridgehead atoms. The van der Waals surface area contributed by atoms with Crippen LogP contribution in [0.5, 0.6) is 17.2 Å². The second kappa shape index (κ2) is 12.1. The van der Waals surface area contributed by atoms with E-state index in [0.29, 0.717) is 39.3 Å². The molecular formula is C37H33N5O3. The first-order chi connectivity index (χ1) is 21.7. The van der Waals surface area contributed by atoms with Gasteiger partial charge in [0.05, 0.1) is 23.9 Å². The molecule has 3 N–H and O–H groups in total. The SMILES string of the molecule is COc1cc(/N=N/c2cc(C)cc3cc(C)cc(O)c23)c(C)cc1/N=N/c1c(C)cc2cc(Nc3ccccc3)ccc2c1O. The van der Waals surface area contributed by atoms with Crippen LogP contribution in [-0.2, 0) is 0 Å². The predicted molar refractivity (Wildman–Crippen MR) is 181 cm³/mol. The number of aromatic hydroxyl groups is 2. The molecule has 6 aromatic carbocycles. The molecule has 8 heteroatoms. The number of para-hydroxylation sites is 1. The summed E-state index contributed by atoms with van der Waals surface area (Å²) in [5.74, 6) is 0.686. The summed E-state index contributed by atoms with van der Waals surface area (Å²) in [5, 5.41) is 46.3. The fraction of sp³-hybridized carbons (Fsp3) is 0.135. The van der Waals surface area contributed by atoms with Crippen molar-refractivity contribution in [1.29, 1.82) is 0 Å². The Morgan fingerprint density at radius 2 is 1.31 bits per heavy atom. The van der Waals surface area contributed by atoms with Gasteiger partial charge in [0.1, 0.15) is 22.9 Å². The predicted octanol–water partition coefficient (Wildman–Crippen LogP) is 11.2. The number of nitrogens with one attached hydrogen (secondary N) is 1. The second-order valence-electron chi connectivity index (χ2n) is 11.2. The van der Waals surface area contributed by atoms with E-state index in [1.807, 2.05) is 107 Å². The maximum absolute atomic E-state index is 11.2. The number of ether oxygens (including phenoxy) is 1. The van der Waals surface area contributed by atoms with Crippen molar-refractivity contribution in [2.24, 2.45) is 20.5 Å². The van der Waals surface area contributed by atoms with E-state index in [-0.39, 0.29) is 11.5 Å². The molecule has 0 saturated carbocycles. The zero-order chi connectivity index (χ0) is 31.7. The smallest absolute Gasteiger partial charge is 0.151 e. The Morgan fingerprint density at radius 3 is 2.07 bits per heavy atom. The highest BCUT2D eigenvalue weighted by molar-refractivity contribution is 5.98. The second-order valence-corrected chi connectivity index (χ2v) is 11.2. The van der Waals surface area contributed by atoms with Gasteiger partial charge in [0.15, 0.2) is 5.75 Å². The van der Waals surface area contributed by atoms with E-state index in [2.05, 4.69) is 25.8 Å². The minimum absolute atomic E-state index is 0.0601. The molecule has 0 atom stereocenters. The van der Waals surface area contributed by atoms with Gasteiger partial charge in [-0.2, -0.15) is 5.11 Å². The molecule has 8 nitrogen and oxygen atoms in total. The number of azo groups is 2. The maximum Gasteiger partial charge on any atom is 0.151 e. The van der Waals surface area contributed by atoms with E-state index >= 15 is 0 Å². The average molecular weight is 596 g/mol. The Labute approximate surface area is 261 Å². The molecule has 45 heavy (non-hydrogen) atoms. The lowest BCUT2D eigenvalue weighted by Gasteiger charge is -2.11. The molecule has 0 aliphatic heterocycles. The topological polar surface area (TPSA) is 111 Å². The van der Waals surface area contributed by atoms with Gasteiger partial charge in [-0.3, -0.25) is 0 Å². The summed E-state index contributed by atoms with van der Waals surface area (Å²) in [7, 11) is 1.55. The van der Waals surface area contributed by atoms with Gasteiger partial charge in [-0.15, -0.1) is 15.3 Å². The first-order valence-electron chi connectivity index (χ1n) is 14.5. The molecule has 0 saturated heterocycles. The summed E-state index contributed by atoms with van der Waals surface area (Å²) < 4.78 is 5.63. The van der Waals surface area contributed by atoms with Crippen LogP contribution in [0.1, 0.15) is 22.3 Å². The first-order valence-corrected chi connectivity index (χ1v) is 14.5. The van der Waals surface area contributed by atoms with Crippen LogP contribution in [0.4, 0.5) is 34.1 Å². The summed E-state index contributed by atoms with van der Waals surface area (Å²) in [5.41, 5.74) is 7.53. The molecule has 0 heterocycles. The number of fused-ring (bicyclic) bond motifs is 2. The van der Waals surface area contributed by atoms with Gasteiger partial charge in [-0.1, -0.05) is 30.3 Å². The fourth-order valence-electron chi connectivity index (χ4n) is 5.47. The number of phenols is 2. The minimum Gasteiger partial charge on any atom is -0.507 e. The number of methoxy groups -OCH3 is 1. The number of rotatable bonds is 7. The molecule has 0 fully saturated rings. The van der Waals surface area contributed by atoms with Crippen molar-refractivity contribution in [3.05, 3.63) is 113 Å². The molecule has 0 aliphatic carbocycles. The van der Waals surface area contributed by atoms with Crippen LogP contribution >= 0.6 is 0 Å². The first kappa shape index (κ1) is 29.3. The highest BCUT2D eigenvalue weighted by Crippen LogP contribution is 2.42. The molecule has 0 spiro atoms. The van der Waals surface area contributed by atoms with Crippen molar-refractivity contribution in [3.8, 4) is 17.2 Å². The van der Waals surface area contributed by atoms with Crippen LogP contribution in [0.3, 0.4) is 0 Å². The molecule has 224 valence electrons. The van der Waals surface area contributed by atoms with Gasteiger partial charge in [-0.05, 0) is 115 Å². The number of anilines is 2. The zero-order valence-corrected chi connectivity index (χ0v) is 25.8. The van der Waals surface area contributed by atoms with Crippen LogP contribution in [0.15, 0.2) is 111 Å². The van der Waals surface area contributed by atoms with Crippen molar-refractivity contribution < 1.29 is 14.9 Å². The van der Waals surface area contributed by atoms with Crippen molar-refractivity contribution in [3.63, 3.8) is 0 Å². The highest BCUT2D eigenvalue weighted by atomic mass is 16.5. The lowest BCUT2D eigenvalue weighted by Crippen LogP contribution is -1.90. The minimum atomic E-state index is 0.0601. The van der Waals surface area contributed by atoms with Crippen LogP contribution in [-0.4, -0.2) is 17.3 Å². The quantitative estimate of drug-likeness (QED) is 0.159. The van der Waals surface area contributed by atoms with Gasteiger partial charge in [0.2, 0.25) is 0 Å². The van der Waals surface area contributed by atoms with Crippen molar-refractivity contribution in [1.82, 2.24) is 0 Å². The van der Waals surface area contributed by atoms with E-state index in [1.54, 1.807) is 19.2 Å². The number of phenolic OH excluding ortho intramolecular Hbond substituents is 2. The molecular weight excluding hydrogens is 562 g/mol. The normalized spacial score (nSPS) is 11.7. The summed E-state index contributed by atoms with van der Waals surface area (Å²) in [6.07, 6.45) is 0. The van der Waals surface area contributed by atoms with Gasteiger partial charge in [-0.25, -0.2) is 0 Å². The van der Waals surface area contributed by atoms with Gasteiger partial charge in [0, 0.05) is 22.8 Å². The van der Waals surface area contributed by atoms with Crippen LogP contribution in [0.25, 0.3) is 21.5 Å². The van der Waals surface area contributed by atoms with Gasteiger partial charge < -0.3 is 20.3 Å². The van der Waals surface area contributed by atoms with E-state index in [4.69, 9.17) is 4.74 Å². The van der Waals surface area contributed by atoms with Crippen LogP contribution in [0, 0.1) is 27.7 Å². The Morgan fingerprint density at radius 1 is 0.600 bits per heavy atom. The summed E-state index contributed by atoms with van der Waals surface area (Å²) in [6.45, 7) is 7.73. The van der Waals surface area contributed by atoms with E-state index in [1.165, 1.54) is 0 Å². The largest absolute Gasteiger partial charge is 0.507 e. The number of aryl methyl sites for hydroxylation is 4. The third kappa shape index (κ3) is 6.03. The molecule has 0 radical (unpaired) electrons. The average Bonchev–Trinajstić information content (AvgIpc) is 3.00. The lowest BCUT2D eigenvalue weighted by atomic mass is 10.0. The molecule has 0 aliphatic rings. The molecule has 6 rings (SSSR count). The van der Waals surface area contributed by atoms with E-state index < -0.39 is 0 Å². The number of nitrogens with zero attached hydrogens (tertiary/aromatic N) is 4. The third-order valence-corrected chi connectivity index (χ3v) is 7.66. The third-order valence-electron chi connectivity index (χ3n) is 7.66. The maximum atomic E-state index is 11.2. The monoisotopic (exact) mass is 595 g/mol. The molecule has 0 unspecified atom stereocenters. The number of benzene rings is 6. The standard InChI is InChI=1S/C37H33N5O3/c1-21-13-26-14-22(2)16-33(43)35(26)32(15-21)41-39-30-20-34(45-5)31(18-23(30)3)40-42-36-24(4)17-25-19-28(11-12-29(25)37(36)44)38-27-9-7-6-8-10-27/h6-20,38,43-44H,1-5H3/b41-39+,42-40+. The van der Waals surface area contributed by atoms with Crippen molar-refractivity contribution >= 4 is 55.7 Å². The summed E-state index contributed by atoms with van der Waals surface area (Å²) >= 11 is 0. The fourth-order valence-corrected chi connectivity index (χ4v) is 5.47. The Hall–Kier alpha value is -5.76. The lowest BCUT2D eigenvalue weighted by molar-refractivity contribution is 0.416.